The Morgan fingerprint density at radius 2 is 1.90 bits per heavy atom. The Morgan fingerprint density at radius 1 is 1.19 bits per heavy atom. The Hall–Kier alpha value is -2.37. The van der Waals surface area contributed by atoms with Crippen molar-refractivity contribution in [1.29, 1.82) is 0 Å². The molecule has 0 bridgehead atoms. The van der Waals surface area contributed by atoms with Gasteiger partial charge in [-0.25, -0.2) is 4.39 Å². The first-order valence-corrected chi connectivity index (χ1v) is 5.93. The molecular weight excluding hydrogens is 286 g/mol. The molecule has 0 aliphatic heterocycles. The van der Waals surface area contributed by atoms with Crippen LogP contribution in [0.4, 0.5) is 17.6 Å². The smallest absolute Gasteiger partial charge is 0.406 e. The van der Waals surface area contributed by atoms with Crippen molar-refractivity contribution in [1.82, 2.24) is 4.98 Å². The average molecular weight is 297 g/mol. The van der Waals surface area contributed by atoms with Gasteiger partial charge in [-0.15, -0.1) is 13.2 Å². The molecule has 0 aliphatic carbocycles. The Bertz CT molecular complexity index is 680. The van der Waals surface area contributed by atoms with Crippen molar-refractivity contribution < 1.29 is 22.3 Å². The summed E-state index contributed by atoms with van der Waals surface area (Å²) in [5.41, 5.74) is 1.58. The maximum Gasteiger partial charge on any atom is 0.573 e. The molecular formula is C15H11F4NO. The number of aromatic nitrogens is 1. The predicted octanol–water partition coefficient (Wildman–Crippen LogP) is 4.82. The van der Waals surface area contributed by atoms with Gasteiger partial charge in [-0.2, -0.15) is 0 Å². The van der Waals surface area contributed by atoms with Crippen molar-refractivity contribution in [2.24, 2.45) is 0 Å². The third-order valence-electron chi connectivity index (χ3n) is 2.74. The molecule has 0 fully saturated rings. The second kappa shape index (κ2) is 5.55. The van der Waals surface area contributed by atoms with E-state index in [4.69, 9.17) is 0 Å². The van der Waals surface area contributed by atoms with Crippen molar-refractivity contribution in [2.45, 2.75) is 13.3 Å². The first kappa shape index (κ1) is 15.0. The van der Waals surface area contributed by atoms with Gasteiger partial charge in [0.15, 0.2) is 0 Å². The van der Waals surface area contributed by atoms with E-state index in [1.807, 2.05) is 0 Å². The van der Waals surface area contributed by atoms with E-state index < -0.39 is 17.9 Å². The fourth-order valence-electron chi connectivity index (χ4n) is 1.88. The molecule has 1 aromatic carbocycles. The highest BCUT2D eigenvalue weighted by atomic mass is 19.4. The monoisotopic (exact) mass is 297 g/mol. The van der Waals surface area contributed by atoms with Crippen LogP contribution < -0.4 is 4.74 Å². The molecule has 0 atom stereocenters. The van der Waals surface area contributed by atoms with Crippen LogP contribution in [0.1, 0.15) is 12.5 Å². The van der Waals surface area contributed by atoms with Gasteiger partial charge in [0.05, 0.1) is 0 Å². The number of halogens is 4. The third kappa shape index (κ3) is 3.59. The minimum absolute atomic E-state index is 0.00264. The molecule has 6 heteroatoms. The number of rotatable bonds is 3. The lowest BCUT2D eigenvalue weighted by Crippen LogP contribution is -2.17. The van der Waals surface area contributed by atoms with E-state index in [-0.39, 0.29) is 5.56 Å². The first-order valence-electron chi connectivity index (χ1n) is 5.93. The fourth-order valence-corrected chi connectivity index (χ4v) is 1.88. The van der Waals surface area contributed by atoms with Crippen LogP contribution in [-0.4, -0.2) is 11.3 Å². The van der Waals surface area contributed by atoms with E-state index in [1.54, 1.807) is 6.92 Å². The summed E-state index contributed by atoms with van der Waals surface area (Å²) in [6, 6.07) is 4.37. The summed E-state index contributed by atoms with van der Waals surface area (Å²) < 4.78 is 54.5. The van der Waals surface area contributed by atoms with Crippen molar-refractivity contribution in [3.8, 4) is 16.9 Å². The predicted molar refractivity (Wildman–Crippen MR) is 71.0 cm³/mol. The molecule has 0 aliphatic rings. The maximum absolute atomic E-state index is 13.9. The van der Waals surface area contributed by atoms with Crippen molar-refractivity contribution >= 4 is 5.57 Å². The fraction of sp³-hybridized carbons (Fsp3) is 0.133. The molecule has 2 rings (SSSR count). The van der Waals surface area contributed by atoms with Crippen molar-refractivity contribution in [2.75, 3.05) is 0 Å². The molecule has 0 saturated carbocycles. The van der Waals surface area contributed by atoms with Crippen LogP contribution in [0.15, 0.2) is 43.2 Å². The third-order valence-corrected chi connectivity index (χ3v) is 2.74. The van der Waals surface area contributed by atoms with Crippen LogP contribution in [-0.2, 0) is 0 Å². The van der Waals surface area contributed by atoms with Crippen LogP contribution >= 0.6 is 0 Å². The van der Waals surface area contributed by atoms with Gasteiger partial charge in [0.1, 0.15) is 11.6 Å². The molecule has 21 heavy (non-hydrogen) atoms. The Balaban J connectivity index is 2.54. The molecule has 1 heterocycles. The van der Waals surface area contributed by atoms with Crippen molar-refractivity contribution in [3.63, 3.8) is 0 Å². The quantitative estimate of drug-likeness (QED) is 0.758. The Labute approximate surface area is 118 Å². The summed E-state index contributed by atoms with van der Waals surface area (Å²) in [7, 11) is 0. The largest absolute Gasteiger partial charge is 0.573 e. The lowest BCUT2D eigenvalue weighted by molar-refractivity contribution is -0.274. The van der Waals surface area contributed by atoms with Gasteiger partial charge < -0.3 is 4.74 Å². The Morgan fingerprint density at radius 3 is 2.52 bits per heavy atom. The topological polar surface area (TPSA) is 22.1 Å². The highest BCUT2D eigenvalue weighted by molar-refractivity contribution is 5.79. The van der Waals surface area contributed by atoms with E-state index in [0.29, 0.717) is 16.7 Å². The number of pyridine rings is 1. The molecule has 0 unspecified atom stereocenters. The van der Waals surface area contributed by atoms with E-state index in [9.17, 15) is 17.6 Å². The zero-order valence-electron chi connectivity index (χ0n) is 11.0. The normalized spacial score (nSPS) is 11.3. The van der Waals surface area contributed by atoms with E-state index in [2.05, 4.69) is 16.3 Å². The van der Waals surface area contributed by atoms with Crippen LogP contribution in [0.5, 0.6) is 5.75 Å². The number of hydrogen-bond acceptors (Lipinski definition) is 2. The second-order valence-corrected chi connectivity index (χ2v) is 4.39. The van der Waals surface area contributed by atoms with Gasteiger partial charge in [-0.1, -0.05) is 6.58 Å². The highest BCUT2D eigenvalue weighted by Gasteiger charge is 2.31. The first-order chi connectivity index (χ1) is 9.78. The molecule has 0 spiro atoms. The summed E-state index contributed by atoms with van der Waals surface area (Å²) in [4.78, 5) is 3.91. The molecule has 0 amide bonds. The van der Waals surface area contributed by atoms with E-state index in [1.165, 1.54) is 18.5 Å². The minimum atomic E-state index is -4.83. The Kier molecular flexibility index (Phi) is 3.97. The highest BCUT2D eigenvalue weighted by Crippen LogP contribution is 2.33. The number of ether oxygens (including phenoxy) is 1. The number of hydrogen-bond donors (Lipinski definition) is 0. The molecule has 2 aromatic rings. The van der Waals surface area contributed by atoms with Crippen LogP contribution in [0.25, 0.3) is 16.7 Å². The van der Waals surface area contributed by atoms with Gasteiger partial charge in [0, 0.05) is 23.5 Å². The maximum atomic E-state index is 13.9. The number of benzene rings is 1. The standard InChI is InChI=1S/C15H11F4NO/c1-9(2)13-8-20-6-5-11(13)12-7-10(3-4-14(12)16)21-15(17,18)19/h3-8H,1H2,2H3. The number of alkyl halides is 3. The molecule has 2 nitrogen and oxygen atoms in total. The van der Waals surface area contributed by atoms with Crippen molar-refractivity contribution in [3.05, 3.63) is 54.6 Å². The van der Waals surface area contributed by atoms with E-state index in [0.717, 1.165) is 18.2 Å². The molecule has 0 saturated heterocycles. The summed E-state index contributed by atoms with van der Waals surface area (Å²) in [6.45, 7) is 5.45. The zero-order chi connectivity index (χ0) is 15.6. The van der Waals surface area contributed by atoms with Gasteiger partial charge >= 0.3 is 6.36 Å². The molecule has 110 valence electrons. The lowest BCUT2D eigenvalue weighted by Gasteiger charge is -2.13. The average Bonchev–Trinajstić information content (AvgIpc) is 2.39. The van der Waals surface area contributed by atoms with Gasteiger partial charge in [0.25, 0.3) is 0 Å². The molecule has 0 radical (unpaired) electrons. The summed E-state index contributed by atoms with van der Waals surface area (Å²) >= 11 is 0. The zero-order valence-corrected chi connectivity index (χ0v) is 11.0. The second-order valence-electron chi connectivity index (χ2n) is 4.39. The summed E-state index contributed by atoms with van der Waals surface area (Å²) in [5, 5.41) is 0. The van der Waals surface area contributed by atoms with Gasteiger partial charge in [0.2, 0.25) is 0 Å². The minimum Gasteiger partial charge on any atom is -0.406 e. The number of nitrogens with zero attached hydrogens (tertiary/aromatic N) is 1. The van der Waals surface area contributed by atoms with E-state index >= 15 is 0 Å². The SMILES string of the molecule is C=C(C)c1cnccc1-c1cc(OC(F)(F)F)ccc1F. The summed E-state index contributed by atoms with van der Waals surface area (Å²) in [6.07, 6.45) is -1.92. The van der Waals surface area contributed by atoms with Crippen LogP contribution in [0.3, 0.4) is 0 Å². The van der Waals surface area contributed by atoms with Gasteiger partial charge in [-0.05, 0) is 42.3 Å². The molecule has 0 N–H and O–H groups in total. The van der Waals surface area contributed by atoms with Crippen LogP contribution in [0, 0.1) is 5.82 Å². The number of allylic oxidation sites excluding steroid dienone is 1. The summed E-state index contributed by atoms with van der Waals surface area (Å²) in [5.74, 6) is -1.14. The molecule has 1 aromatic heterocycles. The lowest BCUT2D eigenvalue weighted by atomic mass is 9.97. The van der Waals surface area contributed by atoms with Gasteiger partial charge in [-0.3, -0.25) is 4.98 Å². The van der Waals surface area contributed by atoms with Crippen LogP contribution in [0.2, 0.25) is 0 Å².